The van der Waals surface area contributed by atoms with Gasteiger partial charge in [0.1, 0.15) is 5.75 Å². The van der Waals surface area contributed by atoms with Gasteiger partial charge >= 0.3 is 6.18 Å². The maximum absolute atomic E-state index is 13.3. The molecule has 0 spiro atoms. The Balaban J connectivity index is 1.36. The lowest BCUT2D eigenvalue weighted by Gasteiger charge is -2.42. The summed E-state index contributed by atoms with van der Waals surface area (Å²) in [5, 5.41) is 0. The maximum atomic E-state index is 13.3. The van der Waals surface area contributed by atoms with Crippen LogP contribution < -0.4 is 10.3 Å². The van der Waals surface area contributed by atoms with Crippen LogP contribution in [0.1, 0.15) is 23.6 Å². The van der Waals surface area contributed by atoms with Crippen LogP contribution in [0.25, 0.3) is 11.1 Å². The molecule has 1 fully saturated rings. The van der Waals surface area contributed by atoms with Crippen molar-refractivity contribution in [1.29, 1.82) is 0 Å². The summed E-state index contributed by atoms with van der Waals surface area (Å²) in [6.07, 6.45) is -3.61. The molecule has 5 rings (SSSR count). The van der Waals surface area contributed by atoms with E-state index < -0.39 is 11.7 Å². The lowest BCUT2D eigenvalue weighted by Crippen LogP contribution is -2.50. The average molecular weight is 468 g/mol. The molecule has 2 aliphatic heterocycles. The molecule has 1 aromatic heterocycles. The number of pyridine rings is 1. The molecule has 2 atom stereocenters. The molecule has 2 aromatic carbocycles. The van der Waals surface area contributed by atoms with E-state index >= 15 is 0 Å². The molecule has 176 valence electrons. The van der Waals surface area contributed by atoms with Crippen LogP contribution in [-0.2, 0) is 17.5 Å². The van der Waals surface area contributed by atoms with E-state index in [0.717, 1.165) is 24.2 Å². The van der Waals surface area contributed by atoms with Crippen molar-refractivity contribution >= 4 is 5.91 Å². The molecule has 0 aliphatic carbocycles. The summed E-state index contributed by atoms with van der Waals surface area (Å²) in [6.45, 7) is 1.38. The van der Waals surface area contributed by atoms with Gasteiger partial charge < -0.3 is 14.2 Å². The van der Waals surface area contributed by atoms with Crippen LogP contribution in [0.4, 0.5) is 13.2 Å². The molecule has 1 amide bonds. The number of hydrogen-bond donors (Lipinski definition) is 0. The number of amides is 1. The van der Waals surface area contributed by atoms with Crippen molar-refractivity contribution in [3.05, 3.63) is 88.3 Å². The topological polar surface area (TPSA) is 51.5 Å². The molecule has 34 heavy (non-hydrogen) atoms. The molecule has 5 nitrogen and oxygen atoms in total. The van der Waals surface area contributed by atoms with Crippen molar-refractivity contribution < 1.29 is 22.7 Å². The second-order valence-corrected chi connectivity index (χ2v) is 8.87. The molecular formula is C26H23F3N2O3. The van der Waals surface area contributed by atoms with Crippen molar-refractivity contribution in [2.75, 3.05) is 19.7 Å². The number of fused-ring (bicyclic) bond motifs is 4. The van der Waals surface area contributed by atoms with Crippen LogP contribution in [0.15, 0.2) is 71.5 Å². The molecule has 0 N–H and O–H groups in total. The Kier molecular flexibility index (Phi) is 5.67. The van der Waals surface area contributed by atoms with Crippen molar-refractivity contribution in [2.45, 2.75) is 25.1 Å². The van der Waals surface area contributed by atoms with Crippen LogP contribution >= 0.6 is 0 Å². The number of halogens is 3. The van der Waals surface area contributed by atoms with Gasteiger partial charge in [-0.25, -0.2) is 0 Å². The van der Waals surface area contributed by atoms with E-state index in [1.807, 2.05) is 24.3 Å². The fraction of sp³-hybridized carbons (Fsp3) is 0.308. The van der Waals surface area contributed by atoms with Crippen LogP contribution in [0.2, 0.25) is 0 Å². The Morgan fingerprint density at radius 1 is 0.971 bits per heavy atom. The fourth-order valence-electron chi connectivity index (χ4n) is 4.99. The lowest BCUT2D eigenvalue weighted by molar-refractivity contribution is -0.137. The zero-order valence-electron chi connectivity index (χ0n) is 18.3. The van der Waals surface area contributed by atoms with E-state index in [4.69, 9.17) is 4.74 Å². The van der Waals surface area contributed by atoms with Crippen molar-refractivity contribution in [3.63, 3.8) is 0 Å². The summed E-state index contributed by atoms with van der Waals surface area (Å²) in [6, 6.07) is 17.4. The second-order valence-electron chi connectivity index (χ2n) is 8.87. The number of benzene rings is 2. The summed E-state index contributed by atoms with van der Waals surface area (Å²) in [5.74, 6) is 0.625. The monoisotopic (exact) mass is 468 g/mol. The number of hydrogen-bond acceptors (Lipinski definition) is 3. The molecule has 3 heterocycles. The van der Waals surface area contributed by atoms with Gasteiger partial charge in [0.25, 0.3) is 11.5 Å². The Labute approximate surface area is 194 Å². The Morgan fingerprint density at radius 3 is 2.53 bits per heavy atom. The number of likely N-dealkylation sites (tertiary alicyclic amines) is 1. The number of ether oxygens (including phenoxy) is 1. The summed E-state index contributed by atoms with van der Waals surface area (Å²) in [7, 11) is 0. The van der Waals surface area contributed by atoms with Crippen LogP contribution in [0.3, 0.4) is 0 Å². The number of rotatable bonds is 4. The van der Waals surface area contributed by atoms with E-state index in [9.17, 15) is 22.8 Å². The molecule has 3 aromatic rings. The average Bonchev–Trinajstić information content (AvgIpc) is 2.83. The number of alkyl halides is 3. The highest BCUT2D eigenvalue weighted by atomic mass is 19.4. The van der Waals surface area contributed by atoms with E-state index in [1.165, 1.54) is 12.1 Å². The van der Waals surface area contributed by atoms with Gasteiger partial charge in [0.15, 0.2) is 6.61 Å². The zero-order valence-corrected chi connectivity index (χ0v) is 18.3. The van der Waals surface area contributed by atoms with Crippen molar-refractivity contribution in [2.24, 2.45) is 5.92 Å². The summed E-state index contributed by atoms with van der Waals surface area (Å²) < 4.78 is 46.7. The van der Waals surface area contributed by atoms with Gasteiger partial charge in [-0.2, -0.15) is 13.2 Å². The van der Waals surface area contributed by atoms with E-state index in [0.29, 0.717) is 25.4 Å². The first-order valence-corrected chi connectivity index (χ1v) is 11.2. The van der Waals surface area contributed by atoms with Gasteiger partial charge in [-0.05, 0) is 54.3 Å². The zero-order chi connectivity index (χ0) is 23.9. The summed E-state index contributed by atoms with van der Waals surface area (Å²) in [5.41, 5.74) is 0.243. The lowest BCUT2D eigenvalue weighted by atomic mass is 9.82. The number of nitrogens with zero attached hydrogens (tertiary/aromatic N) is 2. The minimum absolute atomic E-state index is 0.00330. The van der Waals surface area contributed by atoms with Gasteiger partial charge in [-0.3, -0.25) is 9.59 Å². The van der Waals surface area contributed by atoms with E-state index in [2.05, 4.69) is 0 Å². The number of aromatic nitrogens is 1. The maximum Gasteiger partial charge on any atom is 0.416 e. The third-order valence-electron chi connectivity index (χ3n) is 6.56. The Morgan fingerprint density at radius 2 is 1.76 bits per heavy atom. The van der Waals surface area contributed by atoms with Crippen molar-refractivity contribution in [3.8, 4) is 16.9 Å². The largest absolute Gasteiger partial charge is 0.484 e. The van der Waals surface area contributed by atoms with Crippen LogP contribution in [-0.4, -0.2) is 35.1 Å². The quantitative estimate of drug-likeness (QED) is 0.564. The Bertz CT molecular complexity index is 1270. The molecule has 2 aliphatic rings. The fourth-order valence-corrected chi connectivity index (χ4v) is 4.99. The SMILES string of the molecule is O=C(COc1ccccc1)N1C[C@H]2C[C@H](C1)c1ccc(-c3cccc(C(F)(F)F)c3)c(=O)n1C2. The predicted molar refractivity (Wildman–Crippen MR) is 121 cm³/mol. The third kappa shape index (κ3) is 4.32. The second kappa shape index (κ2) is 8.66. The smallest absolute Gasteiger partial charge is 0.416 e. The molecule has 0 saturated carbocycles. The summed E-state index contributed by atoms with van der Waals surface area (Å²) >= 11 is 0. The first-order chi connectivity index (χ1) is 16.3. The highest BCUT2D eigenvalue weighted by Gasteiger charge is 2.37. The number of carbonyl (C=O) groups excluding carboxylic acids is 1. The molecule has 1 saturated heterocycles. The number of para-hydroxylation sites is 1. The molecule has 0 radical (unpaired) electrons. The predicted octanol–water partition coefficient (Wildman–Crippen LogP) is 4.56. The van der Waals surface area contributed by atoms with Crippen LogP contribution in [0, 0.1) is 5.92 Å². The van der Waals surface area contributed by atoms with E-state index in [1.54, 1.807) is 27.7 Å². The number of carbonyl (C=O) groups is 1. The van der Waals surface area contributed by atoms with Gasteiger partial charge in [-0.15, -0.1) is 0 Å². The first kappa shape index (κ1) is 22.3. The molecule has 8 heteroatoms. The minimum atomic E-state index is -4.47. The minimum Gasteiger partial charge on any atom is -0.484 e. The Hall–Kier alpha value is -3.55. The number of piperidine rings is 1. The van der Waals surface area contributed by atoms with Crippen LogP contribution in [0.5, 0.6) is 5.75 Å². The van der Waals surface area contributed by atoms with E-state index in [-0.39, 0.29) is 41.0 Å². The standard InChI is InChI=1S/C26H23F3N2O3/c27-26(28,29)20-6-4-5-18(12-20)22-9-10-23-19-11-17(14-31(23)25(22)33)13-30(15-19)24(32)16-34-21-7-2-1-3-8-21/h1-10,12,17,19H,11,13-16H2/t17-,19-/m1/s1. The van der Waals surface area contributed by atoms with Gasteiger partial charge in [-0.1, -0.05) is 30.3 Å². The summed E-state index contributed by atoms with van der Waals surface area (Å²) in [4.78, 5) is 27.8. The highest BCUT2D eigenvalue weighted by molar-refractivity contribution is 5.78. The third-order valence-corrected chi connectivity index (χ3v) is 6.56. The normalized spacial score (nSPS) is 19.4. The first-order valence-electron chi connectivity index (χ1n) is 11.2. The van der Waals surface area contributed by atoms with Gasteiger partial charge in [0, 0.05) is 36.8 Å². The highest BCUT2D eigenvalue weighted by Crippen LogP contribution is 2.36. The molecule has 2 bridgehead atoms. The van der Waals surface area contributed by atoms with Gasteiger partial charge in [0.05, 0.1) is 5.56 Å². The molecular weight excluding hydrogens is 445 g/mol. The van der Waals surface area contributed by atoms with Gasteiger partial charge in [0.2, 0.25) is 0 Å². The van der Waals surface area contributed by atoms with Crippen molar-refractivity contribution in [1.82, 2.24) is 9.47 Å². The molecule has 0 unspecified atom stereocenters.